The number of hydrogen-bond acceptors (Lipinski definition) is 4. The van der Waals surface area contributed by atoms with E-state index in [4.69, 9.17) is 9.47 Å². The molecular formula is C24H22O4. The van der Waals surface area contributed by atoms with Crippen molar-refractivity contribution in [3.63, 3.8) is 0 Å². The van der Waals surface area contributed by atoms with E-state index in [2.05, 4.69) is 0 Å². The number of benzene rings is 3. The number of esters is 2. The first-order valence-corrected chi connectivity index (χ1v) is 9.25. The molecule has 0 N–H and O–H groups in total. The summed E-state index contributed by atoms with van der Waals surface area (Å²) in [7, 11) is 0. The Kier molecular flexibility index (Phi) is 6.96. The average molecular weight is 374 g/mol. The molecule has 0 spiro atoms. The zero-order valence-electron chi connectivity index (χ0n) is 15.5. The molecule has 0 aliphatic rings. The van der Waals surface area contributed by atoms with Gasteiger partial charge in [-0.25, -0.2) is 9.59 Å². The fraction of sp³-hybridized carbons (Fsp3) is 0.167. The summed E-state index contributed by atoms with van der Waals surface area (Å²) >= 11 is 0. The Labute approximate surface area is 164 Å². The Morgan fingerprint density at radius 3 is 1.29 bits per heavy atom. The topological polar surface area (TPSA) is 52.6 Å². The van der Waals surface area contributed by atoms with Crippen LogP contribution in [0.5, 0.6) is 0 Å². The highest BCUT2D eigenvalue weighted by molar-refractivity contribution is 6.03. The number of rotatable bonds is 8. The summed E-state index contributed by atoms with van der Waals surface area (Å²) in [6.07, 6.45) is 1.24. The highest BCUT2D eigenvalue weighted by Gasteiger charge is 2.18. The molecule has 0 heterocycles. The Bertz CT molecular complexity index is 828. The molecule has 0 amide bonds. The average Bonchev–Trinajstić information content (AvgIpc) is 2.75. The van der Waals surface area contributed by atoms with Crippen LogP contribution in [0.2, 0.25) is 0 Å². The van der Waals surface area contributed by atoms with Crippen LogP contribution in [-0.4, -0.2) is 25.2 Å². The molecule has 3 aromatic rings. The van der Waals surface area contributed by atoms with E-state index < -0.39 is 11.9 Å². The maximum Gasteiger partial charge on any atom is 0.339 e. The molecule has 0 aliphatic carbocycles. The SMILES string of the molecule is O=C(OCCc1ccccc1)c1ccccc1C(=O)OCCc1ccccc1. The standard InChI is InChI=1S/C24H22O4/c25-23(27-17-15-19-9-3-1-4-10-19)21-13-7-8-14-22(21)24(26)28-18-16-20-11-5-2-6-12-20/h1-14H,15-18H2. The Hall–Kier alpha value is -3.40. The van der Waals surface area contributed by atoms with E-state index in [1.54, 1.807) is 24.3 Å². The zero-order valence-corrected chi connectivity index (χ0v) is 15.5. The lowest BCUT2D eigenvalue weighted by Crippen LogP contribution is -2.16. The molecule has 142 valence electrons. The van der Waals surface area contributed by atoms with E-state index in [-0.39, 0.29) is 24.3 Å². The van der Waals surface area contributed by atoms with Crippen LogP contribution in [0.25, 0.3) is 0 Å². The molecule has 0 fully saturated rings. The smallest absolute Gasteiger partial charge is 0.339 e. The summed E-state index contributed by atoms with van der Waals surface area (Å²) < 4.78 is 10.7. The van der Waals surface area contributed by atoms with Gasteiger partial charge in [-0.1, -0.05) is 72.8 Å². The van der Waals surface area contributed by atoms with Crippen LogP contribution in [0.15, 0.2) is 84.9 Å². The van der Waals surface area contributed by atoms with E-state index in [9.17, 15) is 9.59 Å². The maximum absolute atomic E-state index is 12.4. The molecule has 4 heteroatoms. The second-order valence-corrected chi connectivity index (χ2v) is 6.29. The van der Waals surface area contributed by atoms with Gasteiger partial charge in [0, 0.05) is 12.8 Å². The first-order valence-electron chi connectivity index (χ1n) is 9.25. The van der Waals surface area contributed by atoms with Gasteiger partial charge in [0.15, 0.2) is 0 Å². The number of carbonyl (C=O) groups excluding carboxylic acids is 2. The van der Waals surface area contributed by atoms with E-state index in [0.717, 1.165) is 11.1 Å². The predicted octanol–water partition coefficient (Wildman–Crippen LogP) is 4.49. The van der Waals surface area contributed by atoms with Crippen molar-refractivity contribution in [3.8, 4) is 0 Å². The van der Waals surface area contributed by atoms with Gasteiger partial charge in [-0.05, 0) is 23.3 Å². The molecule has 28 heavy (non-hydrogen) atoms. The van der Waals surface area contributed by atoms with Gasteiger partial charge in [0.1, 0.15) is 0 Å². The van der Waals surface area contributed by atoms with E-state index in [0.29, 0.717) is 12.8 Å². The van der Waals surface area contributed by atoms with Crippen LogP contribution in [0.4, 0.5) is 0 Å². The van der Waals surface area contributed by atoms with Crippen LogP contribution in [0.3, 0.4) is 0 Å². The Morgan fingerprint density at radius 1 is 0.536 bits per heavy atom. The summed E-state index contributed by atoms with van der Waals surface area (Å²) in [4.78, 5) is 24.9. The molecule has 0 unspecified atom stereocenters. The molecule has 3 rings (SSSR count). The second-order valence-electron chi connectivity index (χ2n) is 6.29. The third-order valence-electron chi connectivity index (χ3n) is 4.30. The minimum atomic E-state index is -0.522. The molecule has 0 saturated carbocycles. The molecule has 0 bridgehead atoms. The van der Waals surface area contributed by atoms with Gasteiger partial charge in [-0.2, -0.15) is 0 Å². The van der Waals surface area contributed by atoms with Crippen LogP contribution in [0.1, 0.15) is 31.8 Å². The molecule has 0 aromatic heterocycles. The van der Waals surface area contributed by atoms with Gasteiger partial charge < -0.3 is 9.47 Å². The van der Waals surface area contributed by atoms with Crippen molar-refractivity contribution < 1.29 is 19.1 Å². The first-order chi connectivity index (χ1) is 13.7. The predicted molar refractivity (Wildman–Crippen MR) is 107 cm³/mol. The van der Waals surface area contributed by atoms with E-state index in [1.165, 1.54) is 0 Å². The van der Waals surface area contributed by atoms with E-state index >= 15 is 0 Å². The van der Waals surface area contributed by atoms with Crippen LogP contribution >= 0.6 is 0 Å². The molecule has 0 radical (unpaired) electrons. The van der Waals surface area contributed by atoms with Crippen molar-refractivity contribution in [2.24, 2.45) is 0 Å². The van der Waals surface area contributed by atoms with Crippen molar-refractivity contribution in [1.29, 1.82) is 0 Å². The summed E-state index contributed by atoms with van der Waals surface area (Å²) in [6.45, 7) is 0.500. The van der Waals surface area contributed by atoms with Crippen molar-refractivity contribution in [2.75, 3.05) is 13.2 Å². The molecular weight excluding hydrogens is 352 g/mol. The van der Waals surface area contributed by atoms with Gasteiger partial charge in [0.2, 0.25) is 0 Å². The fourth-order valence-electron chi connectivity index (χ4n) is 2.81. The second kappa shape index (κ2) is 10.1. The highest BCUT2D eigenvalue weighted by Crippen LogP contribution is 2.13. The van der Waals surface area contributed by atoms with Gasteiger partial charge in [-0.15, -0.1) is 0 Å². The van der Waals surface area contributed by atoms with Crippen molar-refractivity contribution in [1.82, 2.24) is 0 Å². The number of carbonyl (C=O) groups is 2. The normalized spacial score (nSPS) is 10.3. The highest BCUT2D eigenvalue weighted by atomic mass is 16.5. The van der Waals surface area contributed by atoms with Crippen molar-refractivity contribution >= 4 is 11.9 Å². The lowest BCUT2D eigenvalue weighted by molar-refractivity contribution is 0.0462. The zero-order chi connectivity index (χ0) is 19.6. The minimum absolute atomic E-state index is 0.222. The van der Waals surface area contributed by atoms with Crippen molar-refractivity contribution in [2.45, 2.75) is 12.8 Å². The lowest BCUT2D eigenvalue weighted by Gasteiger charge is -2.10. The Balaban J connectivity index is 1.55. The fourth-order valence-corrected chi connectivity index (χ4v) is 2.81. The third-order valence-corrected chi connectivity index (χ3v) is 4.30. The molecule has 0 atom stereocenters. The van der Waals surface area contributed by atoms with Crippen LogP contribution < -0.4 is 0 Å². The first kappa shape index (κ1) is 19.4. The lowest BCUT2D eigenvalue weighted by atomic mass is 10.1. The molecule has 3 aromatic carbocycles. The summed E-state index contributed by atoms with van der Waals surface area (Å²) in [5.41, 5.74) is 2.62. The summed E-state index contributed by atoms with van der Waals surface area (Å²) in [6, 6.07) is 26.1. The van der Waals surface area contributed by atoms with Crippen LogP contribution in [-0.2, 0) is 22.3 Å². The summed E-state index contributed by atoms with van der Waals surface area (Å²) in [5, 5.41) is 0. The van der Waals surface area contributed by atoms with Gasteiger partial charge in [0.05, 0.1) is 24.3 Å². The van der Waals surface area contributed by atoms with Crippen LogP contribution in [0, 0.1) is 0 Å². The molecule has 4 nitrogen and oxygen atoms in total. The minimum Gasteiger partial charge on any atom is -0.462 e. The van der Waals surface area contributed by atoms with Gasteiger partial charge >= 0.3 is 11.9 Å². The maximum atomic E-state index is 12.4. The number of ether oxygens (including phenoxy) is 2. The van der Waals surface area contributed by atoms with Gasteiger partial charge in [0.25, 0.3) is 0 Å². The van der Waals surface area contributed by atoms with Gasteiger partial charge in [-0.3, -0.25) is 0 Å². The largest absolute Gasteiger partial charge is 0.462 e. The van der Waals surface area contributed by atoms with Crippen molar-refractivity contribution in [3.05, 3.63) is 107 Å². The third kappa shape index (κ3) is 5.55. The van der Waals surface area contributed by atoms with E-state index in [1.807, 2.05) is 60.7 Å². The number of hydrogen-bond donors (Lipinski definition) is 0. The monoisotopic (exact) mass is 374 g/mol. The molecule has 0 aliphatic heterocycles. The Morgan fingerprint density at radius 2 is 0.893 bits per heavy atom. The molecule has 0 saturated heterocycles. The quantitative estimate of drug-likeness (QED) is 0.545. The summed E-state index contributed by atoms with van der Waals surface area (Å²) in [5.74, 6) is -1.04.